The molecule has 3 fully saturated rings. The van der Waals surface area contributed by atoms with Crippen molar-refractivity contribution in [2.45, 2.75) is 75.5 Å². The summed E-state index contributed by atoms with van der Waals surface area (Å²) in [5.41, 5.74) is 2.23. The van der Waals surface area contributed by atoms with Crippen molar-refractivity contribution in [3.63, 3.8) is 0 Å². The van der Waals surface area contributed by atoms with Gasteiger partial charge in [0.15, 0.2) is 5.11 Å². The number of fused-ring (bicyclic) bond motifs is 1. The lowest BCUT2D eigenvalue weighted by Gasteiger charge is -2.26. The summed E-state index contributed by atoms with van der Waals surface area (Å²) in [5.74, 6) is 0. The fraction of sp³-hybridized carbons (Fsp3) is 0.625. The van der Waals surface area contributed by atoms with E-state index in [-0.39, 0.29) is 24.3 Å². The van der Waals surface area contributed by atoms with Crippen molar-refractivity contribution in [2.75, 3.05) is 20.3 Å². The fourth-order valence-corrected chi connectivity index (χ4v) is 5.57. The smallest absolute Gasteiger partial charge is 0.166 e. The van der Waals surface area contributed by atoms with E-state index in [1.165, 1.54) is 37.7 Å². The van der Waals surface area contributed by atoms with Gasteiger partial charge in [-0.2, -0.15) is 0 Å². The van der Waals surface area contributed by atoms with E-state index in [1.807, 2.05) is 16.9 Å². The van der Waals surface area contributed by atoms with Crippen LogP contribution in [0.4, 0.5) is 0 Å². The molecule has 1 aromatic heterocycles. The van der Waals surface area contributed by atoms with E-state index in [9.17, 15) is 0 Å². The maximum atomic E-state index is 6.14. The van der Waals surface area contributed by atoms with Gasteiger partial charge in [-0.1, -0.05) is 54.8 Å². The molecule has 0 bridgehead atoms. The summed E-state index contributed by atoms with van der Waals surface area (Å²) < 4.78 is 14.2. The molecule has 2 aromatic rings. The van der Waals surface area contributed by atoms with Crippen molar-refractivity contribution < 1.29 is 9.47 Å². The Morgan fingerprint density at radius 1 is 1.06 bits per heavy atom. The number of rotatable bonds is 7. The highest BCUT2D eigenvalue weighted by atomic mass is 32.1. The van der Waals surface area contributed by atoms with Crippen LogP contribution in [0.3, 0.4) is 0 Å². The quantitative estimate of drug-likeness (QED) is 0.598. The van der Waals surface area contributed by atoms with Crippen LogP contribution < -0.4 is 10.6 Å². The first-order chi connectivity index (χ1) is 16.2. The number of hydrogen-bond donors (Lipinski definition) is 2. The van der Waals surface area contributed by atoms with Crippen LogP contribution in [0.1, 0.15) is 49.4 Å². The molecule has 5 rings (SSSR count). The summed E-state index contributed by atoms with van der Waals surface area (Å²) in [6.07, 6.45) is 8.24. The lowest BCUT2D eigenvalue weighted by atomic mass is 9.96. The maximum Gasteiger partial charge on any atom is 0.166 e. The highest BCUT2D eigenvalue weighted by Crippen LogP contribution is 2.34. The molecule has 2 aliphatic heterocycles. The third-order valence-corrected chi connectivity index (χ3v) is 7.14. The minimum absolute atomic E-state index is 0.0300. The predicted molar refractivity (Wildman–Crippen MR) is 130 cm³/mol. The molecule has 9 heteroatoms. The summed E-state index contributed by atoms with van der Waals surface area (Å²) in [7, 11) is 2.10. The van der Waals surface area contributed by atoms with Crippen molar-refractivity contribution in [3.05, 3.63) is 47.8 Å². The molecule has 33 heavy (non-hydrogen) atoms. The number of benzene rings is 1. The van der Waals surface area contributed by atoms with E-state index in [4.69, 9.17) is 21.7 Å². The molecule has 0 amide bonds. The minimum Gasteiger partial charge on any atom is -0.371 e. The van der Waals surface area contributed by atoms with Crippen LogP contribution in [0.15, 0.2) is 36.5 Å². The molecule has 178 valence electrons. The summed E-state index contributed by atoms with van der Waals surface area (Å²) in [6.45, 7) is 2.76. The topological polar surface area (TPSA) is 76.5 Å². The van der Waals surface area contributed by atoms with Crippen molar-refractivity contribution in [1.29, 1.82) is 0 Å². The summed E-state index contributed by atoms with van der Waals surface area (Å²) in [5, 5.41) is 16.4. The molecule has 3 aliphatic rings. The lowest BCUT2D eigenvalue weighted by Crippen LogP contribution is -2.50. The van der Waals surface area contributed by atoms with Crippen LogP contribution in [0, 0.1) is 0 Å². The molecule has 8 nitrogen and oxygen atoms in total. The molecule has 2 saturated heterocycles. The zero-order valence-electron chi connectivity index (χ0n) is 19.2. The Morgan fingerprint density at radius 3 is 2.67 bits per heavy atom. The molecule has 0 radical (unpaired) electrons. The van der Waals surface area contributed by atoms with Gasteiger partial charge in [-0.3, -0.25) is 4.90 Å². The zero-order chi connectivity index (χ0) is 22.6. The molecule has 4 unspecified atom stereocenters. The van der Waals surface area contributed by atoms with Gasteiger partial charge in [0.05, 0.1) is 31.1 Å². The molecular weight excluding hydrogens is 436 g/mol. The number of nitrogens with zero attached hydrogens (tertiary/aromatic N) is 4. The molecule has 1 aliphatic carbocycles. The van der Waals surface area contributed by atoms with Crippen LogP contribution in [-0.2, 0) is 22.6 Å². The Labute approximate surface area is 201 Å². The number of ether oxygens (including phenoxy) is 2. The van der Waals surface area contributed by atoms with Crippen LogP contribution >= 0.6 is 12.2 Å². The Balaban J connectivity index is 1.13. The van der Waals surface area contributed by atoms with Crippen molar-refractivity contribution >= 4 is 17.3 Å². The van der Waals surface area contributed by atoms with E-state index in [1.54, 1.807) is 0 Å². The first-order valence-corrected chi connectivity index (χ1v) is 12.5. The molecule has 1 saturated carbocycles. The van der Waals surface area contributed by atoms with Gasteiger partial charge >= 0.3 is 0 Å². The summed E-state index contributed by atoms with van der Waals surface area (Å²) >= 11 is 5.58. The van der Waals surface area contributed by atoms with Crippen LogP contribution in [-0.4, -0.2) is 69.6 Å². The van der Waals surface area contributed by atoms with E-state index in [2.05, 4.69) is 57.2 Å². The summed E-state index contributed by atoms with van der Waals surface area (Å²) in [4.78, 5) is 2.24. The van der Waals surface area contributed by atoms with Crippen LogP contribution in [0.2, 0.25) is 0 Å². The normalized spacial score (nSPS) is 27.6. The summed E-state index contributed by atoms with van der Waals surface area (Å²) in [6, 6.07) is 11.0. The van der Waals surface area contributed by atoms with Crippen LogP contribution in [0.25, 0.3) is 0 Å². The Bertz CT molecular complexity index is 919. The van der Waals surface area contributed by atoms with Gasteiger partial charge in [-0.15, -0.1) is 5.10 Å². The van der Waals surface area contributed by atoms with Crippen molar-refractivity contribution in [1.82, 2.24) is 30.5 Å². The van der Waals surface area contributed by atoms with Gasteiger partial charge in [0, 0.05) is 19.1 Å². The second-order valence-electron chi connectivity index (χ2n) is 9.57. The highest BCUT2D eigenvalue weighted by molar-refractivity contribution is 7.80. The van der Waals surface area contributed by atoms with Gasteiger partial charge < -0.3 is 20.1 Å². The predicted octanol–water partition coefficient (Wildman–Crippen LogP) is 2.41. The van der Waals surface area contributed by atoms with Crippen molar-refractivity contribution in [3.8, 4) is 0 Å². The van der Waals surface area contributed by atoms with E-state index < -0.39 is 0 Å². The van der Waals surface area contributed by atoms with Crippen LogP contribution in [0.5, 0.6) is 0 Å². The number of hydrogen-bond acceptors (Lipinski definition) is 6. The molecule has 2 N–H and O–H groups in total. The largest absolute Gasteiger partial charge is 0.371 e. The maximum absolute atomic E-state index is 6.14. The first-order valence-electron chi connectivity index (χ1n) is 12.1. The Morgan fingerprint density at radius 2 is 1.85 bits per heavy atom. The molecule has 3 heterocycles. The number of aromatic nitrogens is 3. The highest BCUT2D eigenvalue weighted by Gasteiger charge is 2.49. The number of thiocarbonyl (C=S) groups is 1. The molecule has 1 aromatic carbocycles. The first kappa shape index (κ1) is 22.7. The van der Waals surface area contributed by atoms with E-state index >= 15 is 0 Å². The Kier molecular flexibility index (Phi) is 7.20. The van der Waals surface area contributed by atoms with E-state index in [0.717, 1.165) is 18.8 Å². The van der Waals surface area contributed by atoms with Gasteiger partial charge in [0.25, 0.3) is 0 Å². The average molecular weight is 471 g/mol. The minimum atomic E-state index is -0.0448. The third-order valence-electron chi connectivity index (χ3n) is 6.91. The van der Waals surface area contributed by atoms with E-state index in [0.29, 0.717) is 24.4 Å². The standard InChI is InChI=1S/C24H34N6O2S/c1-29(12-17-8-4-2-5-9-17)13-19-14-30(28-27-19)21-16-32-22-20(15-31-23(21)22)26-24(33)25-18-10-6-3-7-11-18/h2,4-5,8-9,14,18,20-23H,3,6-7,10-13,15-16H2,1H3,(H2,25,26,33). The van der Waals surface area contributed by atoms with Crippen molar-refractivity contribution in [2.24, 2.45) is 0 Å². The molecule has 0 spiro atoms. The SMILES string of the molecule is CN(Cc1ccccc1)Cc1cn(C2COC3C(NC(=S)NC4CCCCC4)COC32)nn1. The van der Waals surface area contributed by atoms with Gasteiger partial charge in [-0.05, 0) is 37.7 Å². The van der Waals surface area contributed by atoms with Gasteiger partial charge in [0.1, 0.15) is 18.2 Å². The average Bonchev–Trinajstić information content (AvgIpc) is 3.53. The molecule has 4 atom stereocenters. The monoisotopic (exact) mass is 470 g/mol. The lowest BCUT2D eigenvalue weighted by molar-refractivity contribution is 0.0624. The van der Waals surface area contributed by atoms with Gasteiger partial charge in [0.2, 0.25) is 0 Å². The Hall–Kier alpha value is -2.07. The van der Waals surface area contributed by atoms with Gasteiger partial charge in [-0.25, -0.2) is 4.68 Å². The number of nitrogens with one attached hydrogen (secondary N) is 2. The second-order valence-corrected chi connectivity index (χ2v) is 9.98. The second kappa shape index (κ2) is 10.5. The molecular formula is C24H34N6O2S. The zero-order valence-corrected chi connectivity index (χ0v) is 20.0. The fourth-order valence-electron chi connectivity index (χ4n) is 5.25. The third kappa shape index (κ3) is 5.54.